The molecule has 1 heterocycles. The summed E-state index contributed by atoms with van der Waals surface area (Å²) in [5, 5.41) is 4.94. The molecular formula is C16H20N2O2S. The van der Waals surface area contributed by atoms with Crippen molar-refractivity contribution in [2.75, 3.05) is 19.0 Å². The Bertz CT molecular complexity index is 610. The molecule has 0 aliphatic carbocycles. The molecule has 0 bridgehead atoms. The molecule has 0 saturated carbocycles. The van der Waals surface area contributed by atoms with Gasteiger partial charge < -0.3 is 15.0 Å². The summed E-state index contributed by atoms with van der Waals surface area (Å²) in [7, 11) is 1.79. The summed E-state index contributed by atoms with van der Waals surface area (Å²) in [5.41, 5.74) is 1.91. The van der Waals surface area contributed by atoms with Crippen molar-refractivity contribution in [3.8, 4) is 5.75 Å². The van der Waals surface area contributed by atoms with E-state index in [9.17, 15) is 4.79 Å². The van der Waals surface area contributed by atoms with Gasteiger partial charge in [-0.1, -0.05) is 12.1 Å². The predicted octanol–water partition coefficient (Wildman–Crippen LogP) is 4.12. The van der Waals surface area contributed by atoms with Crippen LogP contribution in [0.3, 0.4) is 0 Å². The van der Waals surface area contributed by atoms with Crippen LogP contribution in [0.15, 0.2) is 35.7 Å². The standard InChI is InChI=1S/C16H20N2O2S/c1-4-20-14-8-6-5-7-13(14)17-16(19)18(3)11-15-12(2)9-10-21-15/h5-10H,4,11H2,1-3H3,(H,17,19). The second-order valence-electron chi connectivity index (χ2n) is 4.74. The second-order valence-corrected chi connectivity index (χ2v) is 5.74. The fraction of sp³-hybridized carbons (Fsp3) is 0.312. The van der Waals surface area contributed by atoms with Gasteiger partial charge in [-0.3, -0.25) is 0 Å². The van der Waals surface area contributed by atoms with Gasteiger partial charge in [0.15, 0.2) is 0 Å². The van der Waals surface area contributed by atoms with Crippen molar-refractivity contribution >= 4 is 23.1 Å². The second kappa shape index (κ2) is 7.13. The number of amides is 2. The Morgan fingerprint density at radius 3 is 2.76 bits per heavy atom. The molecule has 0 spiro atoms. The van der Waals surface area contributed by atoms with E-state index >= 15 is 0 Å². The lowest BCUT2D eigenvalue weighted by Gasteiger charge is -2.19. The highest BCUT2D eigenvalue weighted by molar-refractivity contribution is 7.10. The van der Waals surface area contributed by atoms with Crippen LogP contribution >= 0.6 is 11.3 Å². The van der Waals surface area contributed by atoms with Crippen LogP contribution in [0.25, 0.3) is 0 Å². The molecule has 112 valence electrons. The number of benzene rings is 1. The Morgan fingerprint density at radius 2 is 2.10 bits per heavy atom. The molecule has 0 atom stereocenters. The quantitative estimate of drug-likeness (QED) is 0.903. The van der Waals surface area contributed by atoms with E-state index in [0.29, 0.717) is 24.6 Å². The molecule has 0 saturated heterocycles. The number of rotatable bonds is 5. The van der Waals surface area contributed by atoms with E-state index in [1.165, 1.54) is 10.4 Å². The molecule has 1 aromatic carbocycles. The van der Waals surface area contributed by atoms with Crippen molar-refractivity contribution < 1.29 is 9.53 Å². The summed E-state index contributed by atoms with van der Waals surface area (Å²) in [6.07, 6.45) is 0. The van der Waals surface area contributed by atoms with Crippen molar-refractivity contribution in [1.82, 2.24) is 4.90 Å². The summed E-state index contributed by atoms with van der Waals surface area (Å²) >= 11 is 1.67. The van der Waals surface area contributed by atoms with Crippen LogP contribution in [0.5, 0.6) is 5.75 Å². The number of hydrogen-bond acceptors (Lipinski definition) is 3. The summed E-state index contributed by atoms with van der Waals surface area (Å²) in [6.45, 7) is 5.15. The average Bonchev–Trinajstić information content (AvgIpc) is 2.86. The Balaban J connectivity index is 2.02. The first-order chi connectivity index (χ1) is 10.1. The molecule has 2 aromatic rings. The number of nitrogens with zero attached hydrogens (tertiary/aromatic N) is 1. The molecule has 2 rings (SSSR count). The van der Waals surface area contributed by atoms with Crippen LogP contribution in [0.1, 0.15) is 17.4 Å². The third-order valence-corrected chi connectivity index (χ3v) is 4.13. The first-order valence-corrected chi connectivity index (χ1v) is 7.76. The molecular weight excluding hydrogens is 284 g/mol. The molecule has 1 aromatic heterocycles. The van der Waals surface area contributed by atoms with Gasteiger partial charge in [-0.05, 0) is 43.0 Å². The van der Waals surface area contributed by atoms with Crippen LogP contribution in [-0.4, -0.2) is 24.6 Å². The van der Waals surface area contributed by atoms with Gasteiger partial charge in [0, 0.05) is 11.9 Å². The highest BCUT2D eigenvalue weighted by Crippen LogP contribution is 2.24. The fourth-order valence-corrected chi connectivity index (χ4v) is 2.87. The van der Waals surface area contributed by atoms with E-state index < -0.39 is 0 Å². The van der Waals surface area contributed by atoms with Gasteiger partial charge in [-0.15, -0.1) is 11.3 Å². The van der Waals surface area contributed by atoms with E-state index in [1.807, 2.05) is 36.6 Å². The number of carbonyl (C=O) groups is 1. The van der Waals surface area contributed by atoms with Gasteiger partial charge in [-0.25, -0.2) is 4.79 Å². The predicted molar refractivity (Wildman–Crippen MR) is 87.2 cm³/mol. The normalized spacial score (nSPS) is 10.2. The highest BCUT2D eigenvalue weighted by atomic mass is 32.1. The van der Waals surface area contributed by atoms with Crippen molar-refractivity contribution in [1.29, 1.82) is 0 Å². The number of nitrogens with one attached hydrogen (secondary N) is 1. The number of para-hydroxylation sites is 2. The van der Waals surface area contributed by atoms with Crippen molar-refractivity contribution in [3.05, 3.63) is 46.2 Å². The minimum atomic E-state index is -0.144. The van der Waals surface area contributed by atoms with E-state index in [-0.39, 0.29) is 6.03 Å². The maximum Gasteiger partial charge on any atom is 0.322 e. The van der Waals surface area contributed by atoms with Gasteiger partial charge in [0.05, 0.1) is 18.8 Å². The Morgan fingerprint density at radius 1 is 1.33 bits per heavy atom. The summed E-state index contributed by atoms with van der Waals surface area (Å²) < 4.78 is 5.51. The Hall–Kier alpha value is -2.01. The molecule has 1 N–H and O–H groups in total. The number of hydrogen-bond donors (Lipinski definition) is 1. The van der Waals surface area contributed by atoms with Crippen molar-refractivity contribution in [3.63, 3.8) is 0 Å². The number of anilines is 1. The molecule has 2 amide bonds. The topological polar surface area (TPSA) is 41.6 Å². The van der Waals surface area contributed by atoms with Crippen molar-refractivity contribution in [2.45, 2.75) is 20.4 Å². The maximum atomic E-state index is 12.3. The van der Waals surface area contributed by atoms with E-state index in [0.717, 1.165) is 0 Å². The zero-order chi connectivity index (χ0) is 15.2. The van der Waals surface area contributed by atoms with Crippen LogP contribution < -0.4 is 10.1 Å². The number of thiophene rings is 1. The lowest BCUT2D eigenvalue weighted by Crippen LogP contribution is -2.30. The molecule has 5 heteroatoms. The molecule has 0 aliphatic rings. The van der Waals surface area contributed by atoms with Crippen LogP contribution in [-0.2, 0) is 6.54 Å². The van der Waals surface area contributed by atoms with E-state index in [2.05, 4.69) is 18.3 Å². The van der Waals surface area contributed by atoms with Crippen LogP contribution in [0.2, 0.25) is 0 Å². The molecule has 0 aliphatic heterocycles. The van der Waals surface area contributed by atoms with Crippen molar-refractivity contribution in [2.24, 2.45) is 0 Å². The number of aryl methyl sites for hydroxylation is 1. The Labute approximate surface area is 129 Å². The average molecular weight is 304 g/mol. The van der Waals surface area contributed by atoms with Gasteiger partial charge >= 0.3 is 6.03 Å². The zero-order valence-electron chi connectivity index (χ0n) is 12.6. The van der Waals surface area contributed by atoms with Crippen LogP contribution in [0.4, 0.5) is 10.5 Å². The van der Waals surface area contributed by atoms with E-state index in [4.69, 9.17) is 4.74 Å². The summed E-state index contributed by atoms with van der Waals surface area (Å²) in [4.78, 5) is 15.1. The zero-order valence-corrected chi connectivity index (χ0v) is 13.4. The fourth-order valence-electron chi connectivity index (χ4n) is 1.92. The van der Waals surface area contributed by atoms with Crippen LogP contribution in [0, 0.1) is 6.92 Å². The number of carbonyl (C=O) groups excluding carboxylic acids is 1. The largest absolute Gasteiger partial charge is 0.492 e. The Kier molecular flexibility index (Phi) is 5.22. The lowest BCUT2D eigenvalue weighted by molar-refractivity contribution is 0.221. The monoisotopic (exact) mass is 304 g/mol. The van der Waals surface area contributed by atoms with Gasteiger partial charge in [0.25, 0.3) is 0 Å². The van der Waals surface area contributed by atoms with Gasteiger partial charge in [0.2, 0.25) is 0 Å². The highest BCUT2D eigenvalue weighted by Gasteiger charge is 2.13. The summed E-state index contributed by atoms with van der Waals surface area (Å²) in [6, 6.07) is 9.38. The van der Waals surface area contributed by atoms with E-state index in [1.54, 1.807) is 23.3 Å². The maximum absolute atomic E-state index is 12.3. The number of urea groups is 1. The minimum absolute atomic E-state index is 0.144. The lowest BCUT2D eigenvalue weighted by atomic mass is 10.3. The smallest absolute Gasteiger partial charge is 0.322 e. The third kappa shape index (κ3) is 3.98. The molecule has 0 radical (unpaired) electrons. The third-order valence-electron chi connectivity index (χ3n) is 3.12. The SMILES string of the molecule is CCOc1ccccc1NC(=O)N(C)Cc1sccc1C. The van der Waals surface area contributed by atoms with Gasteiger partial charge in [0.1, 0.15) is 5.75 Å². The first-order valence-electron chi connectivity index (χ1n) is 6.88. The summed E-state index contributed by atoms with van der Waals surface area (Å²) in [5.74, 6) is 0.689. The molecule has 4 nitrogen and oxygen atoms in total. The molecule has 0 unspecified atom stereocenters. The molecule has 21 heavy (non-hydrogen) atoms. The minimum Gasteiger partial charge on any atom is -0.492 e. The first kappa shape index (κ1) is 15.4. The molecule has 0 fully saturated rings. The van der Waals surface area contributed by atoms with Gasteiger partial charge in [-0.2, -0.15) is 0 Å². The number of ether oxygens (including phenoxy) is 1.